The highest BCUT2D eigenvalue weighted by Gasteiger charge is 2.04. The van der Waals surface area contributed by atoms with Gasteiger partial charge in [0.15, 0.2) is 0 Å². The molecule has 0 aliphatic carbocycles. The molecule has 0 atom stereocenters. The normalized spacial score (nSPS) is 12.6. The van der Waals surface area contributed by atoms with Gasteiger partial charge in [0.1, 0.15) is 6.61 Å². The number of hydrogen-bond acceptors (Lipinski definition) is 3. The molecular formula is C12H12N2O3. The maximum absolute atomic E-state index is 11.0. The molecule has 5 nitrogen and oxygen atoms in total. The molecule has 88 valence electrons. The van der Waals surface area contributed by atoms with E-state index < -0.39 is 6.61 Å². The number of carbonyl (C=O) groups is 2. The van der Waals surface area contributed by atoms with Gasteiger partial charge in [-0.15, -0.1) is 0 Å². The molecule has 1 heterocycles. The Kier molecular flexibility index (Phi) is 3.30. The van der Waals surface area contributed by atoms with Crippen LogP contribution < -0.4 is 15.9 Å². The van der Waals surface area contributed by atoms with E-state index in [0.29, 0.717) is 18.3 Å². The minimum Gasteiger partial charge on any atom is -0.387 e. The SMILES string of the molecule is O=C1C=c2ccc(CCNC(=O)CO)cc2=N1. The molecule has 0 fully saturated rings. The van der Waals surface area contributed by atoms with Crippen molar-refractivity contribution in [3.05, 3.63) is 34.3 Å². The Labute approximate surface area is 97.5 Å². The molecule has 5 heteroatoms. The minimum absolute atomic E-state index is 0.231. The second-order valence-electron chi connectivity index (χ2n) is 3.75. The summed E-state index contributed by atoms with van der Waals surface area (Å²) in [5, 5.41) is 12.6. The Balaban J connectivity index is 2.03. The highest BCUT2D eigenvalue weighted by molar-refractivity contribution is 6.06. The summed E-state index contributed by atoms with van der Waals surface area (Å²) < 4.78 is 0. The van der Waals surface area contributed by atoms with Crippen LogP contribution in [0.2, 0.25) is 0 Å². The fourth-order valence-electron chi connectivity index (χ4n) is 1.65. The Morgan fingerprint density at radius 3 is 3.00 bits per heavy atom. The molecule has 2 rings (SSSR count). The lowest BCUT2D eigenvalue weighted by molar-refractivity contribution is -0.123. The van der Waals surface area contributed by atoms with E-state index in [9.17, 15) is 9.59 Å². The summed E-state index contributed by atoms with van der Waals surface area (Å²) in [6.45, 7) is -0.0428. The second-order valence-corrected chi connectivity index (χ2v) is 3.75. The van der Waals surface area contributed by atoms with E-state index in [4.69, 9.17) is 5.11 Å². The molecule has 0 aromatic heterocycles. The maximum atomic E-state index is 11.0. The monoisotopic (exact) mass is 232 g/mol. The third-order valence-electron chi connectivity index (χ3n) is 2.48. The lowest BCUT2D eigenvalue weighted by atomic mass is 10.1. The molecule has 2 N–H and O–H groups in total. The largest absolute Gasteiger partial charge is 0.387 e. The molecule has 17 heavy (non-hydrogen) atoms. The molecule has 2 amide bonds. The zero-order valence-electron chi connectivity index (χ0n) is 9.14. The summed E-state index contributed by atoms with van der Waals surface area (Å²) in [4.78, 5) is 25.7. The highest BCUT2D eigenvalue weighted by Crippen LogP contribution is 1.95. The van der Waals surface area contributed by atoms with Crippen molar-refractivity contribution in [2.75, 3.05) is 13.2 Å². The minimum atomic E-state index is -0.497. The number of amides is 2. The number of hydrogen-bond donors (Lipinski definition) is 2. The van der Waals surface area contributed by atoms with Gasteiger partial charge in [0.05, 0.1) is 5.36 Å². The zero-order chi connectivity index (χ0) is 12.3. The van der Waals surface area contributed by atoms with Gasteiger partial charge >= 0.3 is 0 Å². The van der Waals surface area contributed by atoms with E-state index in [-0.39, 0.29) is 11.8 Å². The van der Waals surface area contributed by atoms with E-state index in [0.717, 1.165) is 10.8 Å². The van der Waals surface area contributed by atoms with Crippen LogP contribution in [-0.4, -0.2) is 30.1 Å². The van der Waals surface area contributed by atoms with Gasteiger partial charge in [-0.25, -0.2) is 4.99 Å². The van der Waals surface area contributed by atoms with E-state index in [2.05, 4.69) is 10.3 Å². The topological polar surface area (TPSA) is 78.8 Å². The number of carbonyl (C=O) groups excluding carboxylic acids is 2. The molecule has 0 saturated carbocycles. The summed E-state index contributed by atoms with van der Waals surface area (Å²) in [6, 6.07) is 5.57. The first kappa shape index (κ1) is 11.5. The van der Waals surface area contributed by atoms with Crippen LogP contribution in [0, 0.1) is 0 Å². The lowest BCUT2D eigenvalue weighted by Gasteiger charge is -2.02. The molecule has 1 aliphatic heterocycles. The van der Waals surface area contributed by atoms with Gasteiger partial charge < -0.3 is 10.4 Å². The lowest BCUT2D eigenvalue weighted by Crippen LogP contribution is -2.29. The molecule has 0 bridgehead atoms. The van der Waals surface area contributed by atoms with Gasteiger partial charge in [-0.2, -0.15) is 0 Å². The van der Waals surface area contributed by atoms with Crippen molar-refractivity contribution in [3.8, 4) is 0 Å². The van der Waals surface area contributed by atoms with Crippen molar-refractivity contribution in [2.24, 2.45) is 4.99 Å². The quantitative estimate of drug-likeness (QED) is 0.648. The first-order valence-corrected chi connectivity index (χ1v) is 5.30. The van der Waals surface area contributed by atoms with Crippen LogP contribution >= 0.6 is 0 Å². The van der Waals surface area contributed by atoms with Crippen LogP contribution in [-0.2, 0) is 16.0 Å². The van der Waals surface area contributed by atoms with Crippen molar-refractivity contribution in [1.82, 2.24) is 5.32 Å². The van der Waals surface area contributed by atoms with Crippen LogP contribution in [0.4, 0.5) is 0 Å². The van der Waals surface area contributed by atoms with Gasteiger partial charge in [0, 0.05) is 17.8 Å². The Morgan fingerprint density at radius 2 is 2.24 bits per heavy atom. The predicted octanol–water partition coefficient (Wildman–Crippen LogP) is -1.72. The smallest absolute Gasteiger partial charge is 0.270 e. The standard InChI is InChI=1S/C12H12N2O3/c15-7-12(17)13-4-3-8-1-2-9-6-11(16)14-10(9)5-8/h1-2,5-6,15H,3-4,7H2,(H,13,17). The predicted molar refractivity (Wildman–Crippen MR) is 60.5 cm³/mol. The summed E-state index contributed by atoms with van der Waals surface area (Å²) in [7, 11) is 0. The van der Waals surface area contributed by atoms with Gasteiger partial charge in [-0.1, -0.05) is 12.1 Å². The molecule has 0 unspecified atom stereocenters. The fourth-order valence-corrected chi connectivity index (χ4v) is 1.65. The third kappa shape index (κ3) is 2.76. The van der Waals surface area contributed by atoms with Crippen molar-refractivity contribution in [3.63, 3.8) is 0 Å². The van der Waals surface area contributed by atoms with Crippen LogP contribution in [0.1, 0.15) is 5.56 Å². The summed E-state index contributed by atoms with van der Waals surface area (Å²) >= 11 is 0. The van der Waals surface area contributed by atoms with E-state index >= 15 is 0 Å². The molecule has 1 aromatic rings. The van der Waals surface area contributed by atoms with Crippen molar-refractivity contribution in [1.29, 1.82) is 0 Å². The second kappa shape index (κ2) is 4.88. The summed E-state index contributed by atoms with van der Waals surface area (Å²) in [5.41, 5.74) is 0.994. The average molecular weight is 232 g/mol. The number of aliphatic hydroxyl groups is 1. The first-order chi connectivity index (χ1) is 8.19. The van der Waals surface area contributed by atoms with E-state index in [1.165, 1.54) is 6.08 Å². The number of nitrogens with one attached hydrogen (secondary N) is 1. The molecule has 1 aliphatic rings. The maximum Gasteiger partial charge on any atom is 0.270 e. The van der Waals surface area contributed by atoms with Gasteiger partial charge in [0.25, 0.3) is 5.91 Å². The van der Waals surface area contributed by atoms with Crippen LogP contribution in [0.25, 0.3) is 6.08 Å². The number of rotatable bonds is 4. The Morgan fingerprint density at radius 1 is 1.41 bits per heavy atom. The number of benzene rings is 1. The molecule has 0 radical (unpaired) electrons. The van der Waals surface area contributed by atoms with Crippen LogP contribution in [0.15, 0.2) is 23.2 Å². The molecule has 0 saturated heterocycles. The van der Waals surface area contributed by atoms with Crippen molar-refractivity contribution >= 4 is 17.9 Å². The number of aliphatic hydroxyl groups excluding tert-OH is 1. The van der Waals surface area contributed by atoms with Gasteiger partial charge in [0.2, 0.25) is 5.91 Å². The van der Waals surface area contributed by atoms with Gasteiger partial charge in [-0.05, 0) is 18.1 Å². The summed E-state index contributed by atoms with van der Waals surface area (Å²) in [5.74, 6) is -0.620. The van der Waals surface area contributed by atoms with Crippen molar-refractivity contribution < 1.29 is 14.7 Å². The van der Waals surface area contributed by atoms with E-state index in [1.807, 2.05) is 18.2 Å². The fraction of sp³-hybridized carbons (Fsp3) is 0.250. The van der Waals surface area contributed by atoms with E-state index in [1.54, 1.807) is 0 Å². The Hall–Kier alpha value is -2.01. The molecule has 1 aromatic carbocycles. The van der Waals surface area contributed by atoms with Gasteiger partial charge in [-0.3, -0.25) is 9.59 Å². The first-order valence-electron chi connectivity index (χ1n) is 5.30. The van der Waals surface area contributed by atoms with Crippen LogP contribution in [0.5, 0.6) is 0 Å². The highest BCUT2D eigenvalue weighted by atomic mass is 16.3. The number of fused-ring (bicyclic) bond motifs is 1. The average Bonchev–Trinajstić information content (AvgIpc) is 2.68. The third-order valence-corrected chi connectivity index (χ3v) is 2.48. The summed E-state index contributed by atoms with van der Waals surface area (Å²) in [6.07, 6.45) is 2.13. The molecule has 0 spiro atoms. The molecular weight excluding hydrogens is 220 g/mol. The number of nitrogens with zero attached hydrogens (tertiary/aromatic N) is 1. The Bertz CT molecular complexity index is 578. The van der Waals surface area contributed by atoms with Crippen LogP contribution in [0.3, 0.4) is 0 Å². The zero-order valence-corrected chi connectivity index (χ0v) is 9.14. The van der Waals surface area contributed by atoms with Crippen molar-refractivity contribution in [2.45, 2.75) is 6.42 Å².